The molecule has 0 bridgehead atoms. The van der Waals surface area contributed by atoms with E-state index in [2.05, 4.69) is 5.32 Å². The average molecular weight is 315 g/mol. The van der Waals surface area contributed by atoms with Gasteiger partial charge >= 0.3 is 12.2 Å². The van der Waals surface area contributed by atoms with Crippen LogP contribution < -0.4 is 11.1 Å². The van der Waals surface area contributed by atoms with Gasteiger partial charge in [-0.1, -0.05) is 6.42 Å². The van der Waals surface area contributed by atoms with Gasteiger partial charge < -0.3 is 25.4 Å². The monoisotopic (exact) mass is 315 g/mol. The van der Waals surface area contributed by atoms with Crippen LogP contribution >= 0.6 is 0 Å². The maximum absolute atomic E-state index is 11.8. The highest BCUT2D eigenvalue weighted by molar-refractivity contribution is 5.67. The Labute approximate surface area is 132 Å². The Kier molecular flexibility index (Phi) is 6.93. The first-order valence-corrected chi connectivity index (χ1v) is 7.82. The third kappa shape index (κ3) is 6.98. The Bertz CT molecular complexity index is 381. The molecule has 7 heteroatoms. The summed E-state index contributed by atoms with van der Waals surface area (Å²) in [6, 6.07) is 0.0910. The van der Waals surface area contributed by atoms with Crippen molar-refractivity contribution in [1.82, 2.24) is 10.2 Å². The standard InChI is InChI=1S/C15H29N3O4/c1-15(2,3)22-14(20)18(4)10-9-17-11-7-5-6-8-12(11)21-13(16)19/h11-12,17H,5-10H2,1-4H3,(H2,16,19)/t11-,12-/m1/s1. The van der Waals surface area contributed by atoms with E-state index < -0.39 is 11.7 Å². The van der Waals surface area contributed by atoms with E-state index in [0.717, 1.165) is 25.7 Å². The predicted molar refractivity (Wildman–Crippen MR) is 83.6 cm³/mol. The van der Waals surface area contributed by atoms with Gasteiger partial charge in [-0.15, -0.1) is 0 Å². The average Bonchev–Trinajstić information content (AvgIpc) is 2.38. The van der Waals surface area contributed by atoms with Gasteiger partial charge in [-0.2, -0.15) is 0 Å². The molecule has 0 radical (unpaired) electrons. The molecule has 22 heavy (non-hydrogen) atoms. The molecule has 1 aliphatic rings. The van der Waals surface area contributed by atoms with Crippen LogP contribution in [-0.4, -0.2) is 55.0 Å². The summed E-state index contributed by atoms with van der Waals surface area (Å²) in [7, 11) is 1.70. The minimum absolute atomic E-state index is 0.0910. The van der Waals surface area contributed by atoms with Gasteiger partial charge in [0.25, 0.3) is 0 Å². The molecule has 0 aromatic heterocycles. The number of hydrogen-bond acceptors (Lipinski definition) is 5. The second-order valence-electron chi connectivity index (χ2n) is 6.72. The molecule has 0 spiro atoms. The number of carbonyl (C=O) groups excluding carboxylic acids is 2. The van der Waals surface area contributed by atoms with Crippen molar-refractivity contribution in [3.05, 3.63) is 0 Å². The summed E-state index contributed by atoms with van der Waals surface area (Å²) in [5, 5.41) is 3.34. The number of amides is 2. The number of carbonyl (C=O) groups is 2. The van der Waals surface area contributed by atoms with E-state index in [1.165, 1.54) is 4.90 Å². The van der Waals surface area contributed by atoms with E-state index in [9.17, 15) is 9.59 Å². The maximum Gasteiger partial charge on any atom is 0.410 e. The molecule has 1 aliphatic carbocycles. The summed E-state index contributed by atoms with van der Waals surface area (Å²) in [5.74, 6) is 0. The van der Waals surface area contributed by atoms with Crippen LogP contribution in [0.5, 0.6) is 0 Å². The first-order chi connectivity index (χ1) is 10.2. The van der Waals surface area contributed by atoms with Crippen LogP contribution in [-0.2, 0) is 9.47 Å². The van der Waals surface area contributed by atoms with Crippen LogP contribution in [0.25, 0.3) is 0 Å². The molecule has 2 atom stereocenters. The van der Waals surface area contributed by atoms with Gasteiger partial charge in [0.05, 0.1) is 0 Å². The van der Waals surface area contributed by atoms with E-state index in [0.29, 0.717) is 13.1 Å². The highest BCUT2D eigenvalue weighted by atomic mass is 16.6. The van der Waals surface area contributed by atoms with E-state index in [-0.39, 0.29) is 18.2 Å². The summed E-state index contributed by atoms with van der Waals surface area (Å²) in [6.45, 7) is 6.65. The molecule has 1 rings (SSSR count). The van der Waals surface area contributed by atoms with Gasteiger partial charge in [0, 0.05) is 26.2 Å². The van der Waals surface area contributed by atoms with Crippen molar-refractivity contribution in [2.45, 2.75) is 64.2 Å². The fourth-order valence-corrected chi connectivity index (χ4v) is 2.47. The van der Waals surface area contributed by atoms with Crippen LogP contribution in [0.3, 0.4) is 0 Å². The summed E-state index contributed by atoms with van der Waals surface area (Å²) in [4.78, 5) is 24.3. The van der Waals surface area contributed by atoms with Crippen molar-refractivity contribution >= 4 is 12.2 Å². The number of ether oxygens (including phenoxy) is 2. The molecule has 7 nitrogen and oxygen atoms in total. The maximum atomic E-state index is 11.8. The molecular weight excluding hydrogens is 286 g/mol. The van der Waals surface area contributed by atoms with Crippen LogP contribution in [0.15, 0.2) is 0 Å². The number of likely N-dealkylation sites (N-methyl/N-ethyl adjacent to an activating group) is 1. The third-order valence-electron chi connectivity index (χ3n) is 3.53. The second-order valence-corrected chi connectivity index (χ2v) is 6.72. The van der Waals surface area contributed by atoms with Gasteiger partial charge in [0.2, 0.25) is 0 Å². The largest absolute Gasteiger partial charge is 0.445 e. The molecule has 0 aliphatic heterocycles. The molecule has 0 aromatic rings. The molecule has 3 N–H and O–H groups in total. The summed E-state index contributed by atoms with van der Waals surface area (Å²) < 4.78 is 10.4. The first kappa shape index (κ1) is 18.5. The zero-order valence-electron chi connectivity index (χ0n) is 14.1. The fourth-order valence-electron chi connectivity index (χ4n) is 2.47. The molecule has 0 saturated heterocycles. The lowest BCUT2D eigenvalue weighted by atomic mass is 9.92. The number of nitrogens with zero attached hydrogens (tertiary/aromatic N) is 1. The normalized spacial score (nSPS) is 22.0. The lowest BCUT2D eigenvalue weighted by Crippen LogP contribution is -2.47. The van der Waals surface area contributed by atoms with E-state index >= 15 is 0 Å². The van der Waals surface area contributed by atoms with Gasteiger partial charge in [-0.05, 0) is 40.0 Å². The van der Waals surface area contributed by atoms with Crippen molar-refractivity contribution < 1.29 is 19.1 Å². The van der Waals surface area contributed by atoms with Crippen molar-refractivity contribution in [2.24, 2.45) is 5.73 Å². The summed E-state index contributed by atoms with van der Waals surface area (Å²) in [6.07, 6.45) is 2.63. The first-order valence-electron chi connectivity index (χ1n) is 7.82. The molecule has 128 valence electrons. The van der Waals surface area contributed by atoms with Crippen LogP contribution in [0, 0.1) is 0 Å². The SMILES string of the molecule is CN(CCN[C@@H]1CCCC[C@H]1OC(N)=O)C(=O)OC(C)(C)C. The summed E-state index contributed by atoms with van der Waals surface area (Å²) >= 11 is 0. The lowest BCUT2D eigenvalue weighted by Gasteiger charge is -2.32. The van der Waals surface area contributed by atoms with Crippen molar-refractivity contribution in [3.63, 3.8) is 0 Å². The Morgan fingerprint density at radius 2 is 1.91 bits per heavy atom. The van der Waals surface area contributed by atoms with Crippen LogP contribution in [0.2, 0.25) is 0 Å². The third-order valence-corrected chi connectivity index (χ3v) is 3.53. The second kappa shape index (κ2) is 8.22. The minimum atomic E-state index is -0.732. The number of rotatable bonds is 5. The molecule has 1 fully saturated rings. The smallest absolute Gasteiger partial charge is 0.410 e. The number of primary amides is 1. The topological polar surface area (TPSA) is 93.9 Å². The van der Waals surface area contributed by atoms with Gasteiger partial charge in [0.15, 0.2) is 0 Å². The van der Waals surface area contributed by atoms with Gasteiger partial charge in [-0.3, -0.25) is 0 Å². The highest BCUT2D eigenvalue weighted by Crippen LogP contribution is 2.21. The number of nitrogens with two attached hydrogens (primary N) is 1. The number of hydrogen-bond donors (Lipinski definition) is 2. The van der Waals surface area contributed by atoms with Crippen LogP contribution in [0.1, 0.15) is 46.5 Å². The summed E-state index contributed by atoms with van der Waals surface area (Å²) in [5.41, 5.74) is 4.61. The zero-order chi connectivity index (χ0) is 16.8. The Morgan fingerprint density at radius 3 is 2.50 bits per heavy atom. The Morgan fingerprint density at radius 1 is 1.27 bits per heavy atom. The Balaban J connectivity index is 2.35. The van der Waals surface area contributed by atoms with E-state index in [4.69, 9.17) is 15.2 Å². The Hall–Kier alpha value is -1.50. The van der Waals surface area contributed by atoms with E-state index in [1.807, 2.05) is 20.8 Å². The molecule has 0 aromatic carbocycles. The molecule has 0 heterocycles. The molecule has 0 unspecified atom stereocenters. The van der Waals surface area contributed by atoms with Gasteiger partial charge in [-0.25, -0.2) is 9.59 Å². The van der Waals surface area contributed by atoms with Crippen LogP contribution in [0.4, 0.5) is 9.59 Å². The number of nitrogens with one attached hydrogen (secondary N) is 1. The fraction of sp³-hybridized carbons (Fsp3) is 0.867. The van der Waals surface area contributed by atoms with Crippen molar-refractivity contribution in [2.75, 3.05) is 20.1 Å². The van der Waals surface area contributed by atoms with E-state index in [1.54, 1.807) is 7.05 Å². The van der Waals surface area contributed by atoms with Crippen molar-refractivity contribution in [1.29, 1.82) is 0 Å². The molecule has 1 saturated carbocycles. The predicted octanol–water partition coefficient (Wildman–Crippen LogP) is 1.85. The molecule has 2 amide bonds. The highest BCUT2D eigenvalue weighted by Gasteiger charge is 2.27. The molecular formula is C15H29N3O4. The van der Waals surface area contributed by atoms with Gasteiger partial charge in [0.1, 0.15) is 11.7 Å². The quantitative estimate of drug-likeness (QED) is 0.807. The minimum Gasteiger partial charge on any atom is -0.445 e. The lowest BCUT2D eigenvalue weighted by molar-refractivity contribution is 0.0290. The zero-order valence-corrected chi connectivity index (χ0v) is 14.1. The van der Waals surface area contributed by atoms with Crippen molar-refractivity contribution in [3.8, 4) is 0 Å².